The number of rotatable bonds is 4. The topological polar surface area (TPSA) is 40.6 Å². The molecule has 0 aliphatic carbocycles. The van der Waals surface area contributed by atoms with E-state index in [1.807, 2.05) is 61.5 Å². The molecule has 0 bridgehead atoms. The lowest BCUT2D eigenvalue weighted by atomic mass is 10.1. The summed E-state index contributed by atoms with van der Waals surface area (Å²) in [6, 6.07) is 17.1. The van der Waals surface area contributed by atoms with E-state index >= 15 is 0 Å². The molecule has 0 N–H and O–H groups in total. The number of amides is 2. The van der Waals surface area contributed by atoms with E-state index in [-0.39, 0.29) is 18.4 Å². The highest BCUT2D eigenvalue weighted by molar-refractivity contribution is 6.02. The minimum atomic E-state index is -0.0620. The van der Waals surface area contributed by atoms with E-state index in [0.717, 1.165) is 11.3 Å². The molecule has 1 aliphatic rings. The van der Waals surface area contributed by atoms with E-state index in [1.165, 1.54) is 0 Å². The molecule has 112 valence electrons. The smallest absolute Gasteiger partial charge is 0.254 e. The molecule has 2 aromatic rings. The van der Waals surface area contributed by atoms with Crippen LogP contribution < -0.4 is 4.90 Å². The van der Waals surface area contributed by atoms with Gasteiger partial charge in [0.15, 0.2) is 0 Å². The van der Waals surface area contributed by atoms with Crippen molar-refractivity contribution in [3.05, 3.63) is 65.7 Å². The second-order valence-electron chi connectivity index (χ2n) is 5.29. The predicted molar refractivity (Wildman–Crippen MR) is 85.7 cm³/mol. The molecule has 0 fully saturated rings. The Bertz CT molecular complexity index is 697. The Kier molecular flexibility index (Phi) is 3.92. The van der Waals surface area contributed by atoms with Crippen molar-refractivity contribution in [3.63, 3.8) is 0 Å². The molecule has 2 aromatic carbocycles. The second kappa shape index (κ2) is 6.02. The van der Waals surface area contributed by atoms with Gasteiger partial charge in [-0.25, -0.2) is 0 Å². The molecule has 1 heterocycles. The van der Waals surface area contributed by atoms with Crippen LogP contribution in [0.1, 0.15) is 22.8 Å². The van der Waals surface area contributed by atoms with Gasteiger partial charge in [0.1, 0.15) is 6.54 Å². The first kappa shape index (κ1) is 14.3. The Morgan fingerprint density at radius 2 is 1.77 bits per heavy atom. The maximum atomic E-state index is 12.6. The second-order valence-corrected chi connectivity index (χ2v) is 5.29. The molecule has 0 saturated heterocycles. The van der Waals surface area contributed by atoms with Crippen LogP contribution >= 0.6 is 0 Å². The van der Waals surface area contributed by atoms with Gasteiger partial charge in [-0.3, -0.25) is 9.59 Å². The van der Waals surface area contributed by atoms with Crippen molar-refractivity contribution in [1.29, 1.82) is 0 Å². The third-order valence-corrected chi connectivity index (χ3v) is 3.91. The largest absolute Gasteiger partial charge is 0.325 e. The molecular formula is C18H18N2O2. The van der Waals surface area contributed by atoms with Gasteiger partial charge in [0.25, 0.3) is 5.91 Å². The quantitative estimate of drug-likeness (QED) is 0.870. The maximum absolute atomic E-state index is 12.6. The Balaban J connectivity index is 1.74. The third kappa shape index (κ3) is 2.60. The van der Waals surface area contributed by atoms with E-state index in [0.29, 0.717) is 18.7 Å². The SMILES string of the molecule is CCN(C(=O)CN1Cc2ccccc2C1=O)c1ccccc1. The van der Waals surface area contributed by atoms with Crippen LogP contribution in [0.2, 0.25) is 0 Å². The Hall–Kier alpha value is -2.62. The standard InChI is InChI=1S/C18H18N2O2/c1-2-20(15-9-4-3-5-10-15)17(21)13-19-12-14-8-6-7-11-16(14)18(19)22/h3-11H,2,12-13H2,1H3. The van der Waals surface area contributed by atoms with Crippen molar-refractivity contribution < 1.29 is 9.59 Å². The molecule has 0 atom stereocenters. The maximum Gasteiger partial charge on any atom is 0.254 e. The summed E-state index contributed by atoms with van der Waals surface area (Å²) in [6.07, 6.45) is 0. The Morgan fingerprint density at radius 3 is 2.45 bits per heavy atom. The lowest BCUT2D eigenvalue weighted by molar-refractivity contribution is -0.119. The third-order valence-electron chi connectivity index (χ3n) is 3.91. The first-order valence-electron chi connectivity index (χ1n) is 7.43. The van der Waals surface area contributed by atoms with Gasteiger partial charge in [-0.2, -0.15) is 0 Å². The summed E-state index contributed by atoms with van der Waals surface area (Å²) in [4.78, 5) is 28.2. The van der Waals surface area contributed by atoms with Crippen molar-refractivity contribution >= 4 is 17.5 Å². The van der Waals surface area contributed by atoms with Crippen molar-refractivity contribution in [1.82, 2.24) is 4.90 Å². The summed E-state index contributed by atoms with van der Waals surface area (Å²) in [5.74, 6) is -0.122. The van der Waals surface area contributed by atoms with Gasteiger partial charge in [0.05, 0.1) is 0 Å². The number of hydrogen-bond acceptors (Lipinski definition) is 2. The molecule has 4 heteroatoms. The summed E-state index contributed by atoms with van der Waals surface area (Å²) in [6.45, 7) is 3.13. The van der Waals surface area contributed by atoms with E-state index < -0.39 is 0 Å². The fraction of sp³-hybridized carbons (Fsp3) is 0.222. The number of likely N-dealkylation sites (N-methyl/N-ethyl adjacent to an activating group) is 1. The first-order chi connectivity index (χ1) is 10.7. The summed E-state index contributed by atoms with van der Waals surface area (Å²) in [5, 5.41) is 0. The Labute approximate surface area is 130 Å². The summed E-state index contributed by atoms with van der Waals surface area (Å²) < 4.78 is 0. The summed E-state index contributed by atoms with van der Waals surface area (Å²) in [7, 11) is 0. The molecule has 2 amide bonds. The molecule has 22 heavy (non-hydrogen) atoms. The predicted octanol–water partition coefficient (Wildman–Crippen LogP) is 2.70. The number of carbonyl (C=O) groups is 2. The number of nitrogens with zero attached hydrogens (tertiary/aromatic N) is 2. The van der Waals surface area contributed by atoms with Crippen LogP contribution in [0.3, 0.4) is 0 Å². The highest BCUT2D eigenvalue weighted by Gasteiger charge is 2.29. The van der Waals surface area contributed by atoms with Crippen molar-refractivity contribution in [3.8, 4) is 0 Å². The van der Waals surface area contributed by atoms with E-state index in [9.17, 15) is 9.59 Å². The summed E-state index contributed by atoms with van der Waals surface area (Å²) in [5.41, 5.74) is 2.56. The molecule has 1 aliphatic heterocycles. The molecule has 0 radical (unpaired) electrons. The van der Waals surface area contributed by atoms with Crippen LogP contribution in [-0.4, -0.2) is 29.8 Å². The highest BCUT2D eigenvalue weighted by atomic mass is 16.2. The zero-order valence-electron chi connectivity index (χ0n) is 12.5. The minimum Gasteiger partial charge on any atom is -0.325 e. The van der Waals surface area contributed by atoms with Gasteiger partial charge in [-0.15, -0.1) is 0 Å². The van der Waals surface area contributed by atoms with Gasteiger partial charge < -0.3 is 9.80 Å². The molecule has 3 rings (SSSR count). The molecule has 4 nitrogen and oxygen atoms in total. The fourth-order valence-electron chi connectivity index (χ4n) is 2.80. The lowest BCUT2D eigenvalue weighted by Gasteiger charge is -2.24. The average Bonchev–Trinajstić information content (AvgIpc) is 2.86. The number of fused-ring (bicyclic) bond motifs is 1. The fourth-order valence-corrected chi connectivity index (χ4v) is 2.80. The zero-order valence-corrected chi connectivity index (χ0v) is 12.5. The first-order valence-corrected chi connectivity index (χ1v) is 7.43. The minimum absolute atomic E-state index is 0.0603. The van der Waals surface area contributed by atoms with E-state index in [2.05, 4.69) is 0 Å². The van der Waals surface area contributed by atoms with Crippen molar-refractivity contribution in [2.45, 2.75) is 13.5 Å². The number of benzene rings is 2. The molecule has 0 spiro atoms. The summed E-state index contributed by atoms with van der Waals surface area (Å²) >= 11 is 0. The van der Waals surface area contributed by atoms with Crippen LogP contribution in [0.25, 0.3) is 0 Å². The van der Waals surface area contributed by atoms with Gasteiger partial charge in [0, 0.05) is 24.3 Å². The Morgan fingerprint density at radius 1 is 1.09 bits per heavy atom. The lowest BCUT2D eigenvalue weighted by Crippen LogP contribution is -2.40. The molecule has 0 aromatic heterocycles. The number of carbonyl (C=O) groups excluding carboxylic acids is 2. The molecule has 0 saturated carbocycles. The van der Waals surface area contributed by atoms with Crippen LogP contribution in [0.4, 0.5) is 5.69 Å². The zero-order chi connectivity index (χ0) is 15.5. The van der Waals surface area contributed by atoms with Gasteiger partial charge in [-0.05, 0) is 30.7 Å². The highest BCUT2D eigenvalue weighted by Crippen LogP contribution is 2.22. The van der Waals surface area contributed by atoms with Gasteiger partial charge in [0.2, 0.25) is 5.91 Å². The number of hydrogen-bond donors (Lipinski definition) is 0. The normalized spacial score (nSPS) is 13.1. The number of para-hydroxylation sites is 1. The van der Waals surface area contributed by atoms with Gasteiger partial charge in [-0.1, -0.05) is 36.4 Å². The van der Waals surface area contributed by atoms with Crippen LogP contribution in [0.15, 0.2) is 54.6 Å². The monoisotopic (exact) mass is 294 g/mol. The van der Waals surface area contributed by atoms with Crippen molar-refractivity contribution in [2.24, 2.45) is 0 Å². The van der Waals surface area contributed by atoms with E-state index in [1.54, 1.807) is 9.80 Å². The van der Waals surface area contributed by atoms with Crippen molar-refractivity contribution in [2.75, 3.05) is 18.0 Å². The van der Waals surface area contributed by atoms with Gasteiger partial charge >= 0.3 is 0 Å². The molecule has 0 unspecified atom stereocenters. The number of anilines is 1. The van der Waals surface area contributed by atoms with Crippen LogP contribution in [-0.2, 0) is 11.3 Å². The van der Waals surface area contributed by atoms with Crippen LogP contribution in [0, 0.1) is 0 Å². The van der Waals surface area contributed by atoms with Crippen LogP contribution in [0.5, 0.6) is 0 Å². The average molecular weight is 294 g/mol. The molecular weight excluding hydrogens is 276 g/mol. The van der Waals surface area contributed by atoms with E-state index in [4.69, 9.17) is 0 Å².